The first-order valence-corrected chi connectivity index (χ1v) is 7.20. The van der Waals surface area contributed by atoms with Crippen LogP contribution in [0.25, 0.3) is 0 Å². The first-order valence-electron chi connectivity index (χ1n) is 6.38. The fourth-order valence-corrected chi connectivity index (χ4v) is 3.24. The third kappa shape index (κ3) is 3.23. The van der Waals surface area contributed by atoms with Crippen molar-refractivity contribution in [2.75, 3.05) is 12.3 Å². The molecule has 4 N–H and O–H groups in total. The number of anilines is 1. The van der Waals surface area contributed by atoms with E-state index in [0.29, 0.717) is 23.0 Å². The van der Waals surface area contributed by atoms with Gasteiger partial charge in [0.25, 0.3) is 5.91 Å². The van der Waals surface area contributed by atoms with Crippen molar-refractivity contribution in [3.63, 3.8) is 0 Å². The van der Waals surface area contributed by atoms with E-state index in [4.69, 9.17) is 5.73 Å². The van der Waals surface area contributed by atoms with Gasteiger partial charge in [-0.3, -0.25) is 4.79 Å². The Bertz CT molecular complexity index is 411. The Morgan fingerprint density at radius 3 is 3.00 bits per heavy atom. The highest BCUT2D eigenvalue weighted by atomic mass is 32.1. The van der Waals surface area contributed by atoms with Crippen LogP contribution in [-0.2, 0) is 0 Å². The summed E-state index contributed by atoms with van der Waals surface area (Å²) >= 11 is 1.42. The molecule has 2 atom stereocenters. The molecular weight excluding hydrogens is 248 g/mol. The Hall–Kier alpha value is -1.07. The van der Waals surface area contributed by atoms with Gasteiger partial charge in [-0.25, -0.2) is 0 Å². The summed E-state index contributed by atoms with van der Waals surface area (Å²) in [6.45, 7) is 2.56. The Balaban J connectivity index is 1.84. The van der Waals surface area contributed by atoms with Crippen LogP contribution in [0.5, 0.6) is 0 Å². The van der Waals surface area contributed by atoms with Gasteiger partial charge in [0.15, 0.2) is 0 Å². The van der Waals surface area contributed by atoms with Gasteiger partial charge in [-0.15, -0.1) is 11.3 Å². The van der Waals surface area contributed by atoms with Crippen molar-refractivity contribution in [2.45, 2.75) is 38.7 Å². The van der Waals surface area contributed by atoms with E-state index in [1.165, 1.54) is 11.3 Å². The molecule has 1 aromatic rings. The fourth-order valence-electron chi connectivity index (χ4n) is 2.38. The lowest BCUT2D eigenvalue weighted by Crippen LogP contribution is -2.32. The van der Waals surface area contributed by atoms with E-state index in [-0.39, 0.29) is 12.0 Å². The maximum absolute atomic E-state index is 11.9. The number of thiophene rings is 1. The van der Waals surface area contributed by atoms with Gasteiger partial charge in [-0.2, -0.15) is 0 Å². The van der Waals surface area contributed by atoms with Gasteiger partial charge in [-0.05, 0) is 38.2 Å². The summed E-state index contributed by atoms with van der Waals surface area (Å²) in [6.07, 6.45) is 3.63. The number of nitrogen functional groups attached to an aromatic ring is 1. The molecule has 18 heavy (non-hydrogen) atoms. The third-order valence-corrected chi connectivity index (χ3v) is 4.55. The standard InChI is InChI=1S/C13H20N2O2S/c1-8-11(14)6-12(18-8)13(17)15-7-9-3-2-4-10(16)5-9/h6,9-10,16H,2-5,7,14H2,1H3,(H,15,17). The summed E-state index contributed by atoms with van der Waals surface area (Å²) in [7, 11) is 0. The molecule has 1 saturated carbocycles. The summed E-state index contributed by atoms with van der Waals surface area (Å²) in [4.78, 5) is 13.6. The Morgan fingerprint density at radius 1 is 1.61 bits per heavy atom. The molecule has 1 aromatic heterocycles. The highest BCUT2D eigenvalue weighted by molar-refractivity contribution is 7.14. The van der Waals surface area contributed by atoms with E-state index in [2.05, 4.69) is 5.32 Å². The summed E-state index contributed by atoms with van der Waals surface area (Å²) in [5.74, 6) is 0.343. The largest absolute Gasteiger partial charge is 0.398 e. The lowest BCUT2D eigenvalue weighted by atomic mass is 9.87. The van der Waals surface area contributed by atoms with Crippen molar-refractivity contribution in [2.24, 2.45) is 5.92 Å². The third-order valence-electron chi connectivity index (χ3n) is 3.49. The molecule has 4 nitrogen and oxygen atoms in total. The normalized spacial score (nSPS) is 23.9. The molecule has 1 fully saturated rings. The number of hydrogen-bond acceptors (Lipinski definition) is 4. The first-order chi connectivity index (χ1) is 8.56. The lowest BCUT2D eigenvalue weighted by molar-refractivity contribution is 0.0876. The zero-order chi connectivity index (χ0) is 13.1. The minimum absolute atomic E-state index is 0.0557. The van der Waals surface area contributed by atoms with Crippen LogP contribution in [0.2, 0.25) is 0 Å². The molecule has 1 aliphatic carbocycles. The maximum Gasteiger partial charge on any atom is 0.261 e. The van der Waals surface area contributed by atoms with Gasteiger partial charge >= 0.3 is 0 Å². The van der Waals surface area contributed by atoms with Gasteiger partial charge in [0.1, 0.15) is 0 Å². The van der Waals surface area contributed by atoms with Gasteiger partial charge < -0.3 is 16.2 Å². The number of rotatable bonds is 3. The molecule has 0 bridgehead atoms. The first kappa shape index (κ1) is 13.4. The number of carbonyl (C=O) groups excluding carboxylic acids is 1. The zero-order valence-corrected chi connectivity index (χ0v) is 11.4. The second kappa shape index (κ2) is 5.71. The van der Waals surface area contributed by atoms with Crippen molar-refractivity contribution < 1.29 is 9.90 Å². The number of carbonyl (C=O) groups is 1. The summed E-state index contributed by atoms with van der Waals surface area (Å²) in [5.41, 5.74) is 6.41. The van der Waals surface area contributed by atoms with Gasteiger partial charge in [0, 0.05) is 17.1 Å². The summed E-state index contributed by atoms with van der Waals surface area (Å²) in [5, 5.41) is 12.5. The van der Waals surface area contributed by atoms with Crippen LogP contribution >= 0.6 is 11.3 Å². The number of hydrogen-bond donors (Lipinski definition) is 3. The molecule has 0 saturated heterocycles. The van der Waals surface area contributed by atoms with Gasteiger partial charge in [0.2, 0.25) is 0 Å². The number of aliphatic hydroxyl groups excluding tert-OH is 1. The highest BCUT2D eigenvalue weighted by Gasteiger charge is 2.21. The maximum atomic E-state index is 11.9. The van der Waals surface area contributed by atoms with Crippen LogP contribution in [0, 0.1) is 12.8 Å². The highest BCUT2D eigenvalue weighted by Crippen LogP contribution is 2.25. The number of amides is 1. The van der Waals surface area contributed by atoms with Crippen molar-refractivity contribution >= 4 is 22.9 Å². The predicted octanol–water partition coefficient (Wildman–Crippen LogP) is 1.92. The summed E-state index contributed by atoms with van der Waals surface area (Å²) in [6, 6.07) is 1.73. The molecule has 1 aliphatic rings. The van der Waals surface area contributed by atoms with Crippen LogP contribution in [-0.4, -0.2) is 23.7 Å². The molecule has 5 heteroatoms. The quantitative estimate of drug-likeness (QED) is 0.784. The number of aliphatic hydroxyl groups is 1. The minimum Gasteiger partial charge on any atom is -0.398 e. The average Bonchev–Trinajstić information content (AvgIpc) is 2.67. The van der Waals surface area contributed by atoms with Gasteiger partial charge in [0.05, 0.1) is 11.0 Å². The van der Waals surface area contributed by atoms with E-state index in [1.807, 2.05) is 6.92 Å². The molecule has 2 unspecified atom stereocenters. The van der Waals surface area contributed by atoms with Crippen molar-refractivity contribution in [1.29, 1.82) is 0 Å². The number of aryl methyl sites for hydroxylation is 1. The topological polar surface area (TPSA) is 75.3 Å². The van der Waals surface area contributed by atoms with E-state index >= 15 is 0 Å². The molecule has 0 aliphatic heterocycles. The lowest BCUT2D eigenvalue weighted by Gasteiger charge is -2.25. The Kier molecular flexibility index (Phi) is 4.24. The minimum atomic E-state index is -0.194. The van der Waals surface area contributed by atoms with Crippen molar-refractivity contribution in [3.8, 4) is 0 Å². The monoisotopic (exact) mass is 268 g/mol. The second-order valence-electron chi connectivity index (χ2n) is 5.02. The smallest absolute Gasteiger partial charge is 0.261 e. The zero-order valence-electron chi connectivity index (χ0n) is 10.6. The molecular formula is C13H20N2O2S. The van der Waals surface area contributed by atoms with E-state index < -0.39 is 0 Å². The fraction of sp³-hybridized carbons (Fsp3) is 0.615. The van der Waals surface area contributed by atoms with Crippen LogP contribution in [0.1, 0.15) is 40.2 Å². The van der Waals surface area contributed by atoms with Crippen LogP contribution in [0.4, 0.5) is 5.69 Å². The van der Waals surface area contributed by atoms with Crippen LogP contribution in [0.3, 0.4) is 0 Å². The van der Waals surface area contributed by atoms with E-state index in [1.54, 1.807) is 6.07 Å². The second-order valence-corrected chi connectivity index (χ2v) is 6.27. The van der Waals surface area contributed by atoms with Crippen molar-refractivity contribution in [1.82, 2.24) is 5.32 Å². The summed E-state index contributed by atoms with van der Waals surface area (Å²) < 4.78 is 0. The van der Waals surface area contributed by atoms with E-state index in [0.717, 1.165) is 30.6 Å². The van der Waals surface area contributed by atoms with Crippen LogP contribution < -0.4 is 11.1 Å². The van der Waals surface area contributed by atoms with Crippen molar-refractivity contribution in [3.05, 3.63) is 15.8 Å². The molecule has 100 valence electrons. The molecule has 0 spiro atoms. The Morgan fingerprint density at radius 2 is 2.39 bits per heavy atom. The predicted molar refractivity (Wildman–Crippen MR) is 73.8 cm³/mol. The van der Waals surface area contributed by atoms with E-state index in [9.17, 15) is 9.90 Å². The number of nitrogens with two attached hydrogens (primary N) is 1. The van der Waals surface area contributed by atoms with Crippen LogP contribution in [0.15, 0.2) is 6.07 Å². The number of nitrogens with one attached hydrogen (secondary N) is 1. The van der Waals surface area contributed by atoms with Gasteiger partial charge in [-0.1, -0.05) is 6.42 Å². The molecule has 0 aromatic carbocycles. The SMILES string of the molecule is Cc1sc(C(=O)NCC2CCCC(O)C2)cc1N. The average molecular weight is 268 g/mol. The molecule has 1 heterocycles. The Labute approximate surface area is 111 Å². The molecule has 2 rings (SSSR count). The molecule has 0 radical (unpaired) electrons. The molecule has 1 amide bonds.